The van der Waals surface area contributed by atoms with E-state index in [2.05, 4.69) is 5.16 Å². The van der Waals surface area contributed by atoms with Gasteiger partial charge in [0.05, 0.1) is 11.4 Å². The van der Waals surface area contributed by atoms with Gasteiger partial charge < -0.3 is 5.21 Å². The van der Waals surface area contributed by atoms with E-state index >= 15 is 0 Å². The van der Waals surface area contributed by atoms with Crippen LogP contribution in [0.3, 0.4) is 0 Å². The molecule has 1 N–H and O–H groups in total. The Morgan fingerprint density at radius 1 is 1.32 bits per heavy atom. The quantitative estimate of drug-likeness (QED) is 0.656. The summed E-state index contributed by atoms with van der Waals surface area (Å²) in [5.74, 6) is 0. The molecule has 0 fully saturated rings. The van der Waals surface area contributed by atoms with Crippen LogP contribution in [0.2, 0.25) is 0 Å². The Hall–Kier alpha value is -1.60. The van der Waals surface area contributed by atoms with Crippen molar-refractivity contribution < 1.29 is 13.6 Å². The number of hydrogen-bond donors (Lipinski definition) is 1. The molecule has 0 saturated carbocycles. The molecule has 0 amide bonds. The van der Waals surface area contributed by atoms with E-state index in [0.29, 0.717) is 36.3 Å². The first kappa shape index (κ1) is 13.8. The molecule has 0 bridgehead atoms. The second-order valence-corrected chi connectivity index (χ2v) is 6.60. The van der Waals surface area contributed by atoms with Crippen LogP contribution in [0.4, 0.5) is 5.69 Å². The standard InChI is InChI=1S/C12H17N3O3S/c1-14(2)19(17,18)15-9-5-7-11(13-16)10-6-3-4-8-12(10)15/h3-4,6,8,16H,5,7,9H2,1-2H3/b13-11-. The van der Waals surface area contributed by atoms with Gasteiger partial charge >= 0.3 is 10.2 Å². The molecule has 1 aliphatic rings. The molecule has 19 heavy (non-hydrogen) atoms. The number of para-hydroxylation sites is 1. The molecule has 7 heteroatoms. The first-order chi connectivity index (χ1) is 8.98. The van der Waals surface area contributed by atoms with E-state index < -0.39 is 10.2 Å². The number of nitrogens with zero attached hydrogens (tertiary/aromatic N) is 3. The highest BCUT2D eigenvalue weighted by molar-refractivity contribution is 7.90. The molecule has 0 saturated heterocycles. The first-order valence-corrected chi connectivity index (χ1v) is 7.38. The summed E-state index contributed by atoms with van der Waals surface area (Å²) < 4.78 is 27.2. The van der Waals surface area contributed by atoms with Gasteiger partial charge in [-0.05, 0) is 18.9 Å². The van der Waals surface area contributed by atoms with Crippen molar-refractivity contribution in [2.24, 2.45) is 5.16 Å². The van der Waals surface area contributed by atoms with Gasteiger partial charge in [0.2, 0.25) is 0 Å². The molecule has 0 aromatic heterocycles. The zero-order valence-corrected chi connectivity index (χ0v) is 11.8. The van der Waals surface area contributed by atoms with E-state index in [4.69, 9.17) is 5.21 Å². The van der Waals surface area contributed by atoms with Gasteiger partial charge in [0.1, 0.15) is 0 Å². The summed E-state index contributed by atoms with van der Waals surface area (Å²) in [5.41, 5.74) is 1.74. The van der Waals surface area contributed by atoms with E-state index in [1.807, 2.05) is 0 Å². The molecular formula is C12H17N3O3S. The summed E-state index contributed by atoms with van der Waals surface area (Å²) >= 11 is 0. The normalized spacial score (nSPS) is 18.5. The lowest BCUT2D eigenvalue weighted by Gasteiger charge is -2.27. The fourth-order valence-electron chi connectivity index (χ4n) is 2.12. The third-order valence-electron chi connectivity index (χ3n) is 3.12. The van der Waals surface area contributed by atoms with E-state index in [9.17, 15) is 8.42 Å². The maximum absolute atomic E-state index is 12.3. The summed E-state index contributed by atoms with van der Waals surface area (Å²) in [5, 5.41) is 12.4. The zero-order valence-electron chi connectivity index (χ0n) is 10.9. The van der Waals surface area contributed by atoms with Crippen LogP contribution in [0, 0.1) is 0 Å². The van der Waals surface area contributed by atoms with Crippen LogP contribution < -0.4 is 4.31 Å². The number of rotatable bonds is 2. The Balaban J connectivity index is 2.60. The smallest absolute Gasteiger partial charge is 0.303 e. The largest absolute Gasteiger partial charge is 0.411 e. The average molecular weight is 283 g/mol. The van der Waals surface area contributed by atoms with Gasteiger partial charge in [-0.2, -0.15) is 12.7 Å². The van der Waals surface area contributed by atoms with Crippen molar-refractivity contribution >= 4 is 21.6 Å². The number of hydrogen-bond acceptors (Lipinski definition) is 4. The Kier molecular flexibility index (Phi) is 3.77. The van der Waals surface area contributed by atoms with Crippen molar-refractivity contribution in [3.8, 4) is 0 Å². The van der Waals surface area contributed by atoms with Crippen LogP contribution in [-0.4, -0.2) is 44.3 Å². The van der Waals surface area contributed by atoms with Crippen molar-refractivity contribution in [2.45, 2.75) is 12.8 Å². The molecule has 0 unspecified atom stereocenters. The highest BCUT2D eigenvalue weighted by Crippen LogP contribution is 2.29. The van der Waals surface area contributed by atoms with Gasteiger partial charge in [-0.25, -0.2) is 0 Å². The van der Waals surface area contributed by atoms with Gasteiger partial charge in [-0.1, -0.05) is 23.4 Å². The monoisotopic (exact) mass is 283 g/mol. The minimum absolute atomic E-state index is 0.372. The van der Waals surface area contributed by atoms with Crippen LogP contribution in [0.25, 0.3) is 0 Å². The summed E-state index contributed by atoms with van der Waals surface area (Å²) in [4.78, 5) is 0. The van der Waals surface area contributed by atoms with Crippen LogP contribution in [0.5, 0.6) is 0 Å². The summed E-state index contributed by atoms with van der Waals surface area (Å²) in [7, 11) is -0.531. The van der Waals surface area contributed by atoms with E-state index in [0.717, 1.165) is 0 Å². The van der Waals surface area contributed by atoms with E-state index in [-0.39, 0.29) is 0 Å². The van der Waals surface area contributed by atoms with Crippen molar-refractivity contribution in [3.05, 3.63) is 29.8 Å². The van der Waals surface area contributed by atoms with Crippen molar-refractivity contribution in [1.29, 1.82) is 0 Å². The molecule has 1 aromatic carbocycles. The minimum Gasteiger partial charge on any atom is -0.411 e. The van der Waals surface area contributed by atoms with E-state index in [1.54, 1.807) is 24.3 Å². The lowest BCUT2D eigenvalue weighted by atomic mass is 10.1. The molecule has 1 heterocycles. The summed E-state index contributed by atoms with van der Waals surface area (Å²) in [6, 6.07) is 7.08. The summed E-state index contributed by atoms with van der Waals surface area (Å²) in [6.45, 7) is 0.372. The van der Waals surface area contributed by atoms with Crippen LogP contribution in [0.15, 0.2) is 29.4 Å². The maximum atomic E-state index is 12.3. The molecule has 0 aliphatic carbocycles. The van der Waals surface area contributed by atoms with E-state index in [1.165, 1.54) is 22.7 Å². The van der Waals surface area contributed by atoms with Crippen LogP contribution in [0.1, 0.15) is 18.4 Å². The molecule has 0 radical (unpaired) electrons. The molecule has 2 rings (SSSR count). The van der Waals surface area contributed by atoms with Gasteiger partial charge in [0, 0.05) is 26.2 Å². The van der Waals surface area contributed by atoms with Gasteiger partial charge in [-0.15, -0.1) is 0 Å². The van der Waals surface area contributed by atoms with Crippen molar-refractivity contribution in [1.82, 2.24) is 4.31 Å². The lowest BCUT2D eigenvalue weighted by molar-refractivity contribution is 0.318. The van der Waals surface area contributed by atoms with Gasteiger partial charge in [0.15, 0.2) is 0 Å². The second-order valence-electron chi connectivity index (χ2n) is 4.53. The average Bonchev–Trinajstić information content (AvgIpc) is 2.57. The van der Waals surface area contributed by atoms with Crippen molar-refractivity contribution in [3.63, 3.8) is 0 Å². The molecule has 1 aliphatic heterocycles. The number of fused-ring (bicyclic) bond motifs is 1. The number of benzene rings is 1. The number of anilines is 1. The Morgan fingerprint density at radius 3 is 2.63 bits per heavy atom. The third-order valence-corrected chi connectivity index (χ3v) is 4.98. The fourth-order valence-corrected chi connectivity index (χ4v) is 3.28. The maximum Gasteiger partial charge on any atom is 0.303 e. The Bertz CT molecular complexity index is 596. The fraction of sp³-hybridized carbons (Fsp3) is 0.417. The molecular weight excluding hydrogens is 266 g/mol. The topological polar surface area (TPSA) is 73.2 Å². The second kappa shape index (κ2) is 5.18. The predicted octanol–water partition coefficient (Wildman–Crippen LogP) is 1.27. The summed E-state index contributed by atoms with van der Waals surface area (Å²) in [6.07, 6.45) is 1.16. The molecule has 6 nitrogen and oxygen atoms in total. The first-order valence-electron chi connectivity index (χ1n) is 5.99. The van der Waals surface area contributed by atoms with Crippen molar-refractivity contribution in [2.75, 3.05) is 24.9 Å². The third kappa shape index (κ3) is 2.43. The molecule has 1 aromatic rings. The zero-order chi connectivity index (χ0) is 14.0. The Labute approximate surface area is 113 Å². The van der Waals surface area contributed by atoms with Crippen LogP contribution >= 0.6 is 0 Å². The molecule has 0 atom stereocenters. The Morgan fingerprint density at radius 2 is 2.00 bits per heavy atom. The van der Waals surface area contributed by atoms with Crippen LogP contribution in [-0.2, 0) is 10.2 Å². The minimum atomic E-state index is -3.54. The van der Waals surface area contributed by atoms with Gasteiger partial charge in [0.25, 0.3) is 0 Å². The molecule has 104 valence electrons. The molecule has 0 spiro atoms. The highest BCUT2D eigenvalue weighted by Gasteiger charge is 2.29. The lowest BCUT2D eigenvalue weighted by Crippen LogP contribution is -2.40. The highest BCUT2D eigenvalue weighted by atomic mass is 32.2. The van der Waals surface area contributed by atoms with Gasteiger partial charge in [-0.3, -0.25) is 4.31 Å². The SMILES string of the molecule is CN(C)S(=O)(=O)N1CCC/C(=N/O)c2ccccc21. The number of oxime groups is 1. The predicted molar refractivity (Wildman–Crippen MR) is 74.0 cm³/mol.